The lowest BCUT2D eigenvalue weighted by atomic mass is 9.94. The number of aryl methyl sites for hydroxylation is 1. The van der Waals surface area contributed by atoms with E-state index in [2.05, 4.69) is 4.99 Å². The van der Waals surface area contributed by atoms with Crippen molar-refractivity contribution in [1.82, 2.24) is 0 Å². The maximum absolute atomic E-state index is 13.4. The number of halogens is 1. The summed E-state index contributed by atoms with van der Waals surface area (Å²) in [6.07, 6.45) is 0. The zero-order valence-corrected chi connectivity index (χ0v) is 13.1. The van der Waals surface area contributed by atoms with Gasteiger partial charge in [0, 0.05) is 5.56 Å². The normalized spacial score (nSPS) is 10.6. The zero-order chi connectivity index (χ0) is 17.3. The second-order valence-corrected chi connectivity index (χ2v) is 5.54. The largest absolute Gasteiger partial charge is 0.370 e. The maximum atomic E-state index is 13.4. The number of fused-ring (bicyclic) bond motifs is 1. The number of rotatable bonds is 2. The van der Waals surface area contributed by atoms with Gasteiger partial charge in [0.1, 0.15) is 5.82 Å². The highest BCUT2D eigenvalue weighted by Gasteiger charge is 2.11. The maximum Gasteiger partial charge on any atom is 0.280 e. The molecule has 1 amide bonds. The van der Waals surface area contributed by atoms with Crippen LogP contribution in [0.15, 0.2) is 59.6 Å². The fraction of sp³-hybridized carbons (Fsp3) is 0.0526. The number of benzene rings is 3. The molecule has 0 radical (unpaired) electrons. The van der Waals surface area contributed by atoms with Crippen LogP contribution in [0.25, 0.3) is 21.9 Å². The van der Waals surface area contributed by atoms with Crippen LogP contribution in [-0.2, 0) is 0 Å². The van der Waals surface area contributed by atoms with Crippen molar-refractivity contribution in [3.63, 3.8) is 0 Å². The molecule has 0 saturated heterocycles. The summed E-state index contributed by atoms with van der Waals surface area (Å²) < 4.78 is 13.4. The number of hydrogen-bond acceptors (Lipinski definition) is 1. The van der Waals surface area contributed by atoms with Crippen molar-refractivity contribution in [1.29, 1.82) is 0 Å². The summed E-state index contributed by atoms with van der Waals surface area (Å²) in [7, 11) is 0. The smallest absolute Gasteiger partial charge is 0.280 e. The third-order valence-corrected chi connectivity index (χ3v) is 3.84. The molecule has 3 aromatic carbocycles. The van der Waals surface area contributed by atoms with Crippen molar-refractivity contribution in [2.75, 3.05) is 0 Å². The van der Waals surface area contributed by atoms with Crippen LogP contribution in [0.5, 0.6) is 0 Å². The van der Waals surface area contributed by atoms with Crippen LogP contribution in [0.1, 0.15) is 15.9 Å². The van der Waals surface area contributed by atoms with Gasteiger partial charge < -0.3 is 11.5 Å². The number of aliphatic imine (C=N–C) groups is 1. The van der Waals surface area contributed by atoms with Crippen LogP contribution in [0.3, 0.4) is 0 Å². The Morgan fingerprint density at radius 1 is 1.00 bits per heavy atom. The molecule has 0 heterocycles. The zero-order valence-electron chi connectivity index (χ0n) is 13.1. The molecule has 0 atom stereocenters. The van der Waals surface area contributed by atoms with Crippen LogP contribution in [0, 0.1) is 12.7 Å². The van der Waals surface area contributed by atoms with Gasteiger partial charge in [0.25, 0.3) is 5.91 Å². The van der Waals surface area contributed by atoms with E-state index in [9.17, 15) is 9.18 Å². The predicted octanol–water partition coefficient (Wildman–Crippen LogP) is 3.37. The molecule has 0 saturated carbocycles. The Morgan fingerprint density at radius 2 is 1.79 bits per heavy atom. The van der Waals surface area contributed by atoms with Crippen molar-refractivity contribution >= 4 is 22.6 Å². The van der Waals surface area contributed by atoms with Crippen LogP contribution < -0.4 is 11.5 Å². The van der Waals surface area contributed by atoms with Gasteiger partial charge in [-0.15, -0.1) is 0 Å². The van der Waals surface area contributed by atoms with Gasteiger partial charge in [-0.3, -0.25) is 4.79 Å². The summed E-state index contributed by atoms with van der Waals surface area (Å²) in [4.78, 5) is 15.6. The minimum absolute atomic E-state index is 0.275. The Labute approximate surface area is 138 Å². The van der Waals surface area contributed by atoms with E-state index in [1.165, 1.54) is 12.1 Å². The minimum atomic E-state index is -0.498. The Kier molecular flexibility index (Phi) is 4.00. The molecule has 0 aliphatic carbocycles. The van der Waals surface area contributed by atoms with Gasteiger partial charge in [0.2, 0.25) is 0 Å². The average Bonchev–Trinajstić information content (AvgIpc) is 2.53. The molecule has 24 heavy (non-hydrogen) atoms. The van der Waals surface area contributed by atoms with E-state index in [4.69, 9.17) is 11.5 Å². The molecule has 0 spiro atoms. The van der Waals surface area contributed by atoms with E-state index in [1.807, 2.05) is 31.2 Å². The van der Waals surface area contributed by atoms with E-state index in [0.29, 0.717) is 5.56 Å². The Morgan fingerprint density at radius 3 is 2.50 bits per heavy atom. The molecule has 4 nitrogen and oxygen atoms in total. The Balaban J connectivity index is 2.22. The van der Waals surface area contributed by atoms with E-state index in [0.717, 1.165) is 27.5 Å². The van der Waals surface area contributed by atoms with Gasteiger partial charge in [-0.25, -0.2) is 4.39 Å². The monoisotopic (exact) mass is 321 g/mol. The van der Waals surface area contributed by atoms with Crippen LogP contribution in [0.2, 0.25) is 0 Å². The summed E-state index contributed by atoms with van der Waals surface area (Å²) in [5, 5.41) is 1.85. The highest BCUT2D eigenvalue weighted by Crippen LogP contribution is 2.32. The summed E-state index contributed by atoms with van der Waals surface area (Å²) in [6, 6.07) is 15.7. The van der Waals surface area contributed by atoms with Crippen molar-refractivity contribution in [2.24, 2.45) is 16.5 Å². The highest BCUT2D eigenvalue weighted by molar-refractivity contribution is 6.06. The molecule has 0 aromatic heterocycles. The second kappa shape index (κ2) is 6.12. The number of guanidine groups is 1. The molecule has 3 rings (SSSR count). The molecule has 4 N–H and O–H groups in total. The topological polar surface area (TPSA) is 81.5 Å². The first kappa shape index (κ1) is 15.7. The van der Waals surface area contributed by atoms with Crippen LogP contribution >= 0.6 is 0 Å². The van der Waals surface area contributed by atoms with Gasteiger partial charge in [-0.2, -0.15) is 4.99 Å². The lowest BCUT2D eigenvalue weighted by Crippen LogP contribution is -2.24. The molecule has 0 aliphatic heterocycles. The Bertz CT molecular complexity index is 976. The summed E-state index contributed by atoms with van der Waals surface area (Å²) >= 11 is 0. The second-order valence-electron chi connectivity index (χ2n) is 5.54. The lowest BCUT2D eigenvalue weighted by Gasteiger charge is -2.11. The number of amides is 1. The molecule has 0 fully saturated rings. The standard InChI is InChI=1S/C19H16FN3O/c1-11-9-14(20)7-8-15(11)16-4-2-3-12-5-6-13(10-17(12)16)18(24)23-19(21)22/h2-10H,1H3,(H4,21,22,23,24). The van der Waals surface area contributed by atoms with E-state index in [-0.39, 0.29) is 11.8 Å². The third kappa shape index (κ3) is 2.96. The molecule has 5 heteroatoms. The van der Waals surface area contributed by atoms with E-state index < -0.39 is 5.91 Å². The van der Waals surface area contributed by atoms with Gasteiger partial charge in [-0.1, -0.05) is 30.3 Å². The number of hydrogen-bond donors (Lipinski definition) is 2. The quantitative estimate of drug-likeness (QED) is 0.561. The molecule has 3 aromatic rings. The molecular formula is C19H16FN3O. The van der Waals surface area contributed by atoms with Gasteiger partial charge >= 0.3 is 0 Å². The number of nitrogens with two attached hydrogens (primary N) is 2. The summed E-state index contributed by atoms with van der Waals surface area (Å²) in [6.45, 7) is 1.85. The van der Waals surface area contributed by atoms with Crippen LogP contribution in [0.4, 0.5) is 4.39 Å². The van der Waals surface area contributed by atoms with Crippen molar-refractivity contribution < 1.29 is 9.18 Å². The number of nitrogens with zero attached hydrogens (tertiary/aromatic N) is 1. The minimum Gasteiger partial charge on any atom is -0.370 e. The van der Waals surface area contributed by atoms with Gasteiger partial charge in [0.05, 0.1) is 0 Å². The van der Waals surface area contributed by atoms with Crippen molar-refractivity contribution in [2.45, 2.75) is 6.92 Å². The van der Waals surface area contributed by atoms with Gasteiger partial charge in [-0.05, 0) is 58.7 Å². The fourth-order valence-electron chi connectivity index (χ4n) is 2.75. The first-order valence-electron chi connectivity index (χ1n) is 7.39. The first-order valence-corrected chi connectivity index (χ1v) is 7.39. The average molecular weight is 321 g/mol. The molecule has 0 bridgehead atoms. The fourth-order valence-corrected chi connectivity index (χ4v) is 2.75. The van der Waals surface area contributed by atoms with Gasteiger partial charge in [0.15, 0.2) is 5.96 Å². The van der Waals surface area contributed by atoms with Crippen molar-refractivity contribution in [3.8, 4) is 11.1 Å². The number of carbonyl (C=O) groups excluding carboxylic acids is 1. The highest BCUT2D eigenvalue weighted by atomic mass is 19.1. The third-order valence-electron chi connectivity index (χ3n) is 3.84. The first-order chi connectivity index (χ1) is 11.5. The molecular weight excluding hydrogens is 305 g/mol. The lowest BCUT2D eigenvalue weighted by molar-refractivity contribution is 0.100. The molecule has 0 aliphatic rings. The molecule has 120 valence electrons. The van der Waals surface area contributed by atoms with Crippen LogP contribution in [-0.4, -0.2) is 11.9 Å². The SMILES string of the molecule is Cc1cc(F)ccc1-c1cccc2ccc(C(=O)N=C(N)N)cc12. The predicted molar refractivity (Wildman–Crippen MR) is 94.2 cm³/mol. The van der Waals surface area contributed by atoms with E-state index >= 15 is 0 Å². The summed E-state index contributed by atoms with van der Waals surface area (Å²) in [5.41, 5.74) is 13.6. The van der Waals surface area contributed by atoms with E-state index in [1.54, 1.807) is 18.2 Å². The van der Waals surface area contributed by atoms with Crippen molar-refractivity contribution in [3.05, 3.63) is 71.5 Å². The summed E-state index contributed by atoms with van der Waals surface area (Å²) in [5.74, 6) is -1.05. The Hall–Kier alpha value is -3.21. The number of carbonyl (C=O) groups is 1. The molecule has 0 unspecified atom stereocenters.